The Labute approximate surface area is 826 Å². The summed E-state index contributed by atoms with van der Waals surface area (Å²) in [6, 6.07) is 4.38. The van der Waals surface area contributed by atoms with Crippen LogP contribution in [-0.2, 0) is 46.5 Å². The molecule has 13 rings (SSSR count). The van der Waals surface area contributed by atoms with Crippen molar-refractivity contribution >= 4 is 17.6 Å². The molecular weight excluding hydrogens is 1680 g/mol. The summed E-state index contributed by atoms with van der Waals surface area (Å²) in [6.07, 6.45) is 24.1. The number of rotatable bonds is 22. The third-order valence-electron chi connectivity index (χ3n) is 28.4. The highest BCUT2D eigenvalue weighted by atomic mass is 16.5. The minimum absolute atomic E-state index is 0.0218. The van der Waals surface area contributed by atoms with Crippen LogP contribution in [0, 0.1) is 18.3 Å². The van der Waals surface area contributed by atoms with Gasteiger partial charge in [-0.25, -0.2) is 19.9 Å². The maximum Gasteiger partial charge on any atom is 0.225 e. The third kappa shape index (κ3) is 42.0. The summed E-state index contributed by atoms with van der Waals surface area (Å²) in [5, 5.41) is 4.50. The van der Waals surface area contributed by atoms with Crippen LogP contribution in [0.3, 0.4) is 0 Å². The first kappa shape index (κ1) is 116. The Kier molecular flexibility index (Phi) is 43.2. The maximum atomic E-state index is 6.26. The van der Waals surface area contributed by atoms with E-state index in [1.54, 1.807) is 0 Å². The Hall–Kier alpha value is -4.68. The normalized spacial score (nSPS) is 20.8. The number of nitrogens with zero attached hydrogens (tertiary/aromatic N) is 20. The van der Waals surface area contributed by atoms with Gasteiger partial charge in [-0.1, -0.05) is 68.4 Å². The van der Waals surface area contributed by atoms with Crippen molar-refractivity contribution in [1.82, 2.24) is 83.7 Å². The van der Waals surface area contributed by atoms with Gasteiger partial charge in [0, 0.05) is 242 Å². The van der Waals surface area contributed by atoms with Gasteiger partial charge < -0.3 is 48.2 Å². The second-order valence-corrected chi connectivity index (χ2v) is 51.9. The minimum atomic E-state index is -0.0494. The predicted molar refractivity (Wildman–Crippen MR) is 566 cm³/mol. The monoisotopic (exact) mass is 1890 g/mol. The fourth-order valence-corrected chi connectivity index (χ4v) is 19.0. The van der Waals surface area contributed by atoms with E-state index >= 15 is 0 Å². The number of hydrogen-bond donors (Lipinski definition) is 0. The third-order valence-corrected chi connectivity index (χ3v) is 28.4. The standard InChI is InChI=1S/C21H41N3.C19H33N3O.C19H38N2O2.C18H32N4O.C18H34N4.C15H26N4O/c1-19(2,3)23-11-7-18(8-12-23)15-22-13-9-21(10-14-22)16-24(17-21)20(4,5)6;1-18(2,3)16-7-8-17(20-15-16)22-11-9-21(10-12-22)13-14-23-19(4,5)6;1-17(2,3)21-11-8-19(9-12-21)16-20(13-15-23-19)10-7-14-22-18(4,5)6;1-17(2,3)15-13-20-16(14-19-15)22-9-7-21(8-10-22)11-12-23-18(4,5)6;1-17(2,3)16-14-19-22(15-16)9-7-8-20-10-12-21(13-11-20)18(4,5)6;1-13-11-16-14(17-12-13)19-7-5-18(6-8-19)9-10-20-15(2,3)4/h18H,7-17H2,1-6H3;7-8,15H,9-14H2,1-6H3;7-16H2,1-6H3;13-14H,7-12H2,1-6H3;14-15H,7-13H2,1-6H3;11-12H,5-10H2,1-4H3. The largest absolute Gasteiger partial charge is 0.376 e. The summed E-state index contributed by atoms with van der Waals surface area (Å²) in [7, 11) is 0. The molecule has 0 aromatic carbocycles. The smallest absolute Gasteiger partial charge is 0.225 e. The van der Waals surface area contributed by atoms with Crippen LogP contribution in [0.25, 0.3) is 0 Å². The van der Waals surface area contributed by atoms with Gasteiger partial charge in [-0.3, -0.25) is 48.9 Å². The number of anilines is 3. The summed E-state index contributed by atoms with van der Waals surface area (Å²) in [5.41, 5.74) is 7.09. The van der Waals surface area contributed by atoms with Gasteiger partial charge in [-0.2, -0.15) is 5.10 Å². The van der Waals surface area contributed by atoms with Gasteiger partial charge in [0.05, 0.1) is 78.7 Å². The first-order valence-electron chi connectivity index (χ1n) is 53.0. The molecule has 0 amide bonds. The lowest BCUT2D eigenvalue weighted by Crippen LogP contribution is -2.65. The maximum absolute atomic E-state index is 6.26. The zero-order valence-corrected chi connectivity index (χ0v) is 93.3. The highest BCUT2D eigenvalue weighted by Gasteiger charge is 2.49. The lowest BCUT2D eigenvalue weighted by atomic mass is 9.70. The van der Waals surface area contributed by atoms with Gasteiger partial charge in [-0.05, 0) is 302 Å². The molecule has 0 radical (unpaired) electrons. The quantitative estimate of drug-likeness (QED) is 0.0680. The van der Waals surface area contributed by atoms with Gasteiger partial charge in [0.25, 0.3) is 0 Å². The summed E-state index contributed by atoms with van der Waals surface area (Å²) >= 11 is 0. The van der Waals surface area contributed by atoms with E-state index in [1.807, 2.05) is 44.1 Å². The van der Waals surface area contributed by atoms with Crippen molar-refractivity contribution in [2.75, 3.05) is 257 Å². The molecule has 13 heterocycles. The van der Waals surface area contributed by atoms with E-state index in [2.05, 4.69) is 345 Å². The van der Waals surface area contributed by atoms with Crippen molar-refractivity contribution in [3.63, 3.8) is 0 Å². The van der Waals surface area contributed by atoms with E-state index in [0.717, 1.165) is 212 Å². The van der Waals surface area contributed by atoms with Crippen LogP contribution < -0.4 is 14.7 Å². The molecule has 4 aromatic rings. The highest BCUT2D eigenvalue weighted by molar-refractivity contribution is 5.41. The molecule has 0 unspecified atom stereocenters. The fourth-order valence-electron chi connectivity index (χ4n) is 19.0. The predicted octanol–water partition coefficient (Wildman–Crippen LogP) is 17.6. The van der Waals surface area contributed by atoms with Crippen molar-refractivity contribution in [2.45, 2.75) is 360 Å². The zero-order valence-electron chi connectivity index (χ0n) is 93.3. The van der Waals surface area contributed by atoms with Crippen LogP contribution in [0.15, 0.2) is 55.5 Å². The second kappa shape index (κ2) is 50.5. The Morgan fingerprint density at radius 2 is 0.756 bits per heavy atom. The molecule has 9 aliphatic rings. The first-order chi connectivity index (χ1) is 62.6. The van der Waals surface area contributed by atoms with Crippen molar-refractivity contribution in [3.05, 3.63) is 77.9 Å². The van der Waals surface area contributed by atoms with Crippen molar-refractivity contribution in [2.24, 2.45) is 11.3 Å². The van der Waals surface area contributed by atoms with E-state index in [0.29, 0.717) is 22.0 Å². The number of likely N-dealkylation sites (tertiary alicyclic amines) is 4. The van der Waals surface area contributed by atoms with Crippen LogP contribution in [0.1, 0.15) is 302 Å². The summed E-state index contributed by atoms with van der Waals surface area (Å²) < 4.78 is 31.6. The average molecular weight is 1890 g/mol. The van der Waals surface area contributed by atoms with Crippen molar-refractivity contribution < 1.29 is 23.7 Å². The van der Waals surface area contributed by atoms with E-state index < -0.39 is 0 Å². The minimum Gasteiger partial charge on any atom is -0.376 e. The van der Waals surface area contributed by atoms with Crippen LogP contribution in [0.4, 0.5) is 17.6 Å². The number of aryl methyl sites for hydroxylation is 2. The second-order valence-electron chi connectivity index (χ2n) is 51.9. The number of piperazine rings is 4. The molecule has 0 saturated carbocycles. The van der Waals surface area contributed by atoms with E-state index in [4.69, 9.17) is 23.7 Å². The SMILES string of the molecule is CC(C)(C)N1CCC(CN2CCC3(CC2)CN(C(C)(C)C)C3)CC1.CC(C)(C)OCCCN1CCOC2(CCN(C(C)(C)C)CC2)C1.CC(C)(C)OCCN1CCN(c2ccc(C(C)(C)C)cn2)CC1.CC(C)(C)OCCN1CCN(c2cnc(C(C)(C)C)cn2)CC1.CC(C)(C)c1cnn(CCCN2CCN(C(C)(C)C)CC2)c1.Cc1cnc(N2CCN(CCOC(C)(C)C)CC2)nc1. The number of piperidine rings is 3. The van der Waals surface area contributed by atoms with E-state index in [9.17, 15) is 0 Å². The van der Waals surface area contributed by atoms with Crippen LogP contribution >= 0.6 is 0 Å². The van der Waals surface area contributed by atoms with Gasteiger partial charge in [-0.15, -0.1) is 0 Å². The molecule has 25 nitrogen and oxygen atoms in total. The molecule has 9 fully saturated rings. The number of ether oxygens (including phenoxy) is 5. The molecular formula is C110H204N20O5. The molecule has 135 heavy (non-hydrogen) atoms. The summed E-state index contributed by atoms with van der Waals surface area (Å²) in [4.78, 5) is 55.5. The lowest BCUT2D eigenvalue weighted by molar-refractivity contribution is -0.143. The molecule has 9 aliphatic heterocycles. The van der Waals surface area contributed by atoms with Gasteiger partial charge >= 0.3 is 0 Å². The van der Waals surface area contributed by atoms with Crippen molar-refractivity contribution in [1.29, 1.82) is 0 Å². The number of hydrogen-bond acceptors (Lipinski definition) is 24. The lowest BCUT2D eigenvalue weighted by Gasteiger charge is -2.58. The molecule has 0 bridgehead atoms. The molecule has 25 heteroatoms. The Morgan fingerprint density at radius 3 is 1.18 bits per heavy atom. The molecule has 9 saturated heterocycles. The molecule has 0 atom stereocenters. The number of morpholine rings is 1. The Bertz CT molecular complexity index is 3820. The molecule has 0 N–H and O–H groups in total. The van der Waals surface area contributed by atoms with Gasteiger partial charge in [0.15, 0.2) is 0 Å². The number of pyridine rings is 1. The number of aromatic nitrogens is 7. The zero-order chi connectivity index (χ0) is 99.9. The molecule has 2 spiro atoms. The molecule has 4 aromatic heterocycles. The fraction of sp³-hybridized carbons (Fsp3) is 0.855. The van der Waals surface area contributed by atoms with Gasteiger partial charge in [0.2, 0.25) is 5.95 Å². The Morgan fingerprint density at radius 1 is 0.333 bits per heavy atom. The topological polar surface area (TPSA) is 171 Å². The summed E-state index contributed by atoms with van der Waals surface area (Å²) in [6.45, 7) is 117. The highest BCUT2D eigenvalue weighted by Crippen LogP contribution is 2.44. The molecule has 774 valence electrons. The van der Waals surface area contributed by atoms with E-state index in [-0.39, 0.29) is 49.8 Å². The van der Waals surface area contributed by atoms with Crippen LogP contribution in [0.2, 0.25) is 0 Å². The molecule has 0 aliphatic carbocycles. The first-order valence-corrected chi connectivity index (χ1v) is 53.0. The summed E-state index contributed by atoms with van der Waals surface area (Å²) in [5.74, 6) is 3.87. The Balaban J connectivity index is 0.000000199. The van der Waals surface area contributed by atoms with Crippen LogP contribution in [-0.4, -0.2) is 376 Å². The average Bonchev–Trinajstić information content (AvgIpc) is 0.969. The van der Waals surface area contributed by atoms with Crippen molar-refractivity contribution in [3.8, 4) is 0 Å². The van der Waals surface area contributed by atoms with Gasteiger partial charge in [0.1, 0.15) is 11.6 Å². The van der Waals surface area contributed by atoms with Crippen LogP contribution in [0.5, 0.6) is 0 Å². The van der Waals surface area contributed by atoms with E-state index in [1.165, 1.54) is 135 Å².